The van der Waals surface area contributed by atoms with Crippen LogP contribution in [0.4, 0.5) is 0 Å². The summed E-state index contributed by atoms with van der Waals surface area (Å²) in [4.78, 5) is 13.9. The average molecular weight is 303 g/mol. The monoisotopic (exact) mass is 303 g/mol. The molecule has 2 aromatic rings. The van der Waals surface area contributed by atoms with Gasteiger partial charge in [0.1, 0.15) is 12.4 Å². The van der Waals surface area contributed by atoms with Crippen molar-refractivity contribution in [1.82, 2.24) is 5.32 Å². The summed E-state index contributed by atoms with van der Waals surface area (Å²) >= 11 is 1.47. The van der Waals surface area contributed by atoms with Crippen molar-refractivity contribution in [3.05, 3.63) is 40.8 Å². The Bertz CT molecular complexity index is 665. The highest BCUT2D eigenvalue weighted by Gasteiger charge is 2.22. The van der Waals surface area contributed by atoms with Crippen molar-refractivity contribution in [3.63, 3.8) is 0 Å². The van der Waals surface area contributed by atoms with E-state index in [0.29, 0.717) is 17.9 Å². The average Bonchev–Trinajstić information content (AvgIpc) is 2.96. The zero-order valence-electron chi connectivity index (χ0n) is 11.8. The van der Waals surface area contributed by atoms with Gasteiger partial charge in [-0.05, 0) is 24.6 Å². The number of thiophene rings is 1. The van der Waals surface area contributed by atoms with E-state index in [0.717, 1.165) is 21.8 Å². The van der Waals surface area contributed by atoms with Crippen molar-refractivity contribution in [1.29, 1.82) is 0 Å². The molecule has 1 atom stereocenters. The third-order valence-electron chi connectivity index (χ3n) is 3.52. The molecule has 0 unspecified atom stereocenters. The van der Waals surface area contributed by atoms with Gasteiger partial charge in [-0.3, -0.25) is 4.79 Å². The van der Waals surface area contributed by atoms with Gasteiger partial charge < -0.3 is 15.2 Å². The highest BCUT2D eigenvalue weighted by molar-refractivity contribution is 7.17. The zero-order valence-corrected chi connectivity index (χ0v) is 12.6. The lowest BCUT2D eigenvalue weighted by molar-refractivity contribution is 0.0918. The second-order valence-electron chi connectivity index (χ2n) is 5.02. The number of carbonyl (C=O) groups excluding carboxylic acids is 1. The first kappa shape index (κ1) is 14.1. The molecule has 0 fully saturated rings. The van der Waals surface area contributed by atoms with E-state index in [4.69, 9.17) is 4.74 Å². The van der Waals surface area contributed by atoms with Crippen LogP contribution in [0.15, 0.2) is 30.3 Å². The van der Waals surface area contributed by atoms with Crippen LogP contribution < -0.4 is 10.1 Å². The Morgan fingerprint density at radius 3 is 3.10 bits per heavy atom. The summed E-state index contributed by atoms with van der Waals surface area (Å²) in [6.45, 7) is 2.66. The Morgan fingerprint density at radius 2 is 2.29 bits per heavy atom. The predicted octanol–water partition coefficient (Wildman–Crippen LogP) is 2.81. The third-order valence-corrected chi connectivity index (χ3v) is 4.73. The zero-order chi connectivity index (χ0) is 14.8. The summed E-state index contributed by atoms with van der Waals surface area (Å²) in [5.41, 5.74) is 2.08. The van der Waals surface area contributed by atoms with Crippen molar-refractivity contribution in [3.8, 4) is 16.2 Å². The number of carbonyl (C=O) groups is 1. The molecule has 0 aliphatic carbocycles. The maximum absolute atomic E-state index is 12.1. The highest BCUT2D eigenvalue weighted by atomic mass is 32.1. The Morgan fingerprint density at radius 1 is 1.48 bits per heavy atom. The molecule has 4 nitrogen and oxygen atoms in total. The molecule has 0 saturated heterocycles. The summed E-state index contributed by atoms with van der Waals surface area (Å²) < 4.78 is 5.69. The lowest BCUT2D eigenvalue weighted by Gasteiger charge is -2.16. The number of aliphatic hydroxyl groups excluding tert-OH is 1. The summed E-state index contributed by atoms with van der Waals surface area (Å²) in [6.07, 6.45) is 0.134. The number of nitrogens with one attached hydrogen (secondary N) is 1. The van der Waals surface area contributed by atoms with Gasteiger partial charge in [0.15, 0.2) is 0 Å². The molecular weight excluding hydrogens is 286 g/mol. The first-order valence-corrected chi connectivity index (χ1v) is 7.82. The van der Waals surface area contributed by atoms with Crippen molar-refractivity contribution in [2.75, 3.05) is 6.54 Å². The van der Waals surface area contributed by atoms with Gasteiger partial charge in [0.05, 0.1) is 11.0 Å². The predicted molar refractivity (Wildman–Crippen MR) is 82.7 cm³/mol. The molecule has 0 bridgehead atoms. The van der Waals surface area contributed by atoms with E-state index in [9.17, 15) is 9.90 Å². The van der Waals surface area contributed by atoms with Crippen molar-refractivity contribution in [2.24, 2.45) is 0 Å². The van der Waals surface area contributed by atoms with Crippen LogP contribution in [-0.4, -0.2) is 23.7 Å². The van der Waals surface area contributed by atoms with E-state index in [1.54, 1.807) is 0 Å². The van der Waals surface area contributed by atoms with E-state index in [1.165, 1.54) is 11.3 Å². The van der Waals surface area contributed by atoms with Gasteiger partial charge in [0.25, 0.3) is 5.91 Å². The Hall–Kier alpha value is -1.85. The lowest BCUT2D eigenvalue weighted by Crippen LogP contribution is -2.31. The normalized spacial score (nSPS) is 13.8. The van der Waals surface area contributed by atoms with Crippen molar-refractivity contribution >= 4 is 17.2 Å². The van der Waals surface area contributed by atoms with E-state index in [2.05, 4.69) is 5.32 Å². The van der Waals surface area contributed by atoms with Gasteiger partial charge in [-0.2, -0.15) is 0 Å². The molecular formula is C16H17NO3S. The van der Waals surface area contributed by atoms with Crippen LogP contribution in [0.2, 0.25) is 0 Å². The van der Waals surface area contributed by atoms with E-state index in [1.807, 2.05) is 37.3 Å². The molecule has 2 heterocycles. The van der Waals surface area contributed by atoms with Crippen LogP contribution in [0.25, 0.3) is 10.4 Å². The first-order chi connectivity index (χ1) is 10.2. The van der Waals surface area contributed by atoms with Gasteiger partial charge in [0.2, 0.25) is 0 Å². The van der Waals surface area contributed by atoms with Crippen LogP contribution in [-0.2, 0) is 6.61 Å². The van der Waals surface area contributed by atoms with Gasteiger partial charge in [-0.25, -0.2) is 0 Å². The Balaban J connectivity index is 1.82. The largest absolute Gasteiger partial charge is 0.488 e. The number of aliphatic hydroxyl groups is 1. The SMILES string of the molecule is CC[C@H](O)CNC(=O)c1cc2c(s1)-c1ccccc1OC2. The molecule has 5 heteroatoms. The van der Waals surface area contributed by atoms with Gasteiger partial charge >= 0.3 is 0 Å². The molecule has 0 radical (unpaired) electrons. The quantitative estimate of drug-likeness (QED) is 0.913. The van der Waals surface area contributed by atoms with Crippen LogP contribution in [0.5, 0.6) is 5.75 Å². The number of amides is 1. The maximum Gasteiger partial charge on any atom is 0.261 e. The molecule has 1 aliphatic rings. The third kappa shape index (κ3) is 2.80. The lowest BCUT2D eigenvalue weighted by atomic mass is 10.1. The number of ether oxygens (including phenoxy) is 1. The standard InChI is InChI=1S/C16H17NO3S/c1-2-11(18)8-17-16(19)14-7-10-9-20-13-6-4-3-5-12(13)15(10)21-14/h3-7,11,18H,2,8-9H2,1H3,(H,17,19)/t11-/m0/s1. The van der Waals surface area contributed by atoms with E-state index < -0.39 is 6.10 Å². The van der Waals surface area contributed by atoms with Crippen molar-refractivity contribution < 1.29 is 14.6 Å². The number of benzene rings is 1. The Labute approximate surface area is 127 Å². The second kappa shape index (κ2) is 5.87. The molecule has 3 rings (SSSR count). The Kier molecular flexibility index (Phi) is 3.94. The van der Waals surface area contributed by atoms with Crippen LogP contribution in [0.3, 0.4) is 0 Å². The van der Waals surface area contributed by atoms with Gasteiger partial charge in [-0.15, -0.1) is 11.3 Å². The smallest absolute Gasteiger partial charge is 0.261 e. The first-order valence-electron chi connectivity index (χ1n) is 7.00. The number of rotatable bonds is 4. The molecule has 1 aromatic heterocycles. The van der Waals surface area contributed by atoms with Crippen molar-refractivity contribution in [2.45, 2.75) is 26.1 Å². The highest BCUT2D eigenvalue weighted by Crippen LogP contribution is 2.42. The van der Waals surface area contributed by atoms with E-state index >= 15 is 0 Å². The van der Waals surface area contributed by atoms with Crippen LogP contribution in [0, 0.1) is 0 Å². The molecule has 0 saturated carbocycles. The second-order valence-corrected chi connectivity index (χ2v) is 6.07. The molecule has 110 valence electrons. The summed E-state index contributed by atoms with van der Waals surface area (Å²) in [5, 5.41) is 12.3. The number of hydrogen-bond acceptors (Lipinski definition) is 4. The number of hydrogen-bond donors (Lipinski definition) is 2. The minimum atomic E-state index is -0.493. The fourth-order valence-electron chi connectivity index (χ4n) is 2.25. The molecule has 1 aromatic carbocycles. The van der Waals surface area contributed by atoms with Gasteiger partial charge in [-0.1, -0.05) is 19.1 Å². The van der Waals surface area contributed by atoms with Gasteiger partial charge in [0, 0.05) is 22.5 Å². The van der Waals surface area contributed by atoms with Crippen LogP contribution >= 0.6 is 11.3 Å². The molecule has 1 amide bonds. The fourth-order valence-corrected chi connectivity index (χ4v) is 3.37. The number of fused-ring (bicyclic) bond motifs is 3. The summed E-state index contributed by atoms with van der Waals surface area (Å²) in [5.74, 6) is 0.722. The fraction of sp³-hybridized carbons (Fsp3) is 0.312. The van der Waals surface area contributed by atoms with E-state index in [-0.39, 0.29) is 12.5 Å². The molecule has 0 spiro atoms. The maximum atomic E-state index is 12.1. The van der Waals surface area contributed by atoms with Crippen LogP contribution in [0.1, 0.15) is 28.6 Å². The summed E-state index contributed by atoms with van der Waals surface area (Å²) in [7, 11) is 0. The minimum Gasteiger partial charge on any atom is -0.488 e. The topological polar surface area (TPSA) is 58.6 Å². The molecule has 21 heavy (non-hydrogen) atoms. The molecule has 2 N–H and O–H groups in total. The minimum absolute atomic E-state index is 0.139. The number of para-hydroxylation sites is 1. The summed E-state index contributed by atoms with van der Waals surface area (Å²) in [6, 6.07) is 9.73. The molecule has 1 aliphatic heterocycles.